The van der Waals surface area contributed by atoms with Gasteiger partial charge >= 0.3 is 0 Å². The minimum Gasteiger partial charge on any atom is -0.423 e. The summed E-state index contributed by atoms with van der Waals surface area (Å²) in [6, 6.07) is 6.08. The Morgan fingerprint density at radius 1 is 1.55 bits per heavy atom. The monoisotopic (exact) mass is 321 g/mol. The number of amides is 1. The first-order chi connectivity index (χ1) is 10.7. The molecule has 5 nitrogen and oxygen atoms in total. The van der Waals surface area contributed by atoms with Gasteiger partial charge in [0.15, 0.2) is 5.58 Å². The Balaban J connectivity index is 1.71. The predicted molar refractivity (Wildman–Crippen MR) is 87.3 cm³/mol. The number of nitrogens with zero attached hydrogens (tertiary/aromatic N) is 2. The average molecular weight is 322 g/mol. The van der Waals surface area contributed by atoms with E-state index in [1.165, 1.54) is 0 Å². The molecule has 2 heterocycles. The summed E-state index contributed by atoms with van der Waals surface area (Å²) in [4.78, 5) is 18.4. The second kappa shape index (κ2) is 6.57. The van der Waals surface area contributed by atoms with Crippen LogP contribution in [0.4, 0.5) is 6.01 Å². The van der Waals surface area contributed by atoms with Gasteiger partial charge in [-0.25, -0.2) is 0 Å². The fraction of sp³-hybridized carbons (Fsp3) is 0.500. The third-order valence-corrected chi connectivity index (χ3v) is 4.21. The van der Waals surface area contributed by atoms with Crippen LogP contribution in [0, 0.1) is 5.92 Å². The first kappa shape index (κ1) is 15.2. The Labute approximate surface area is 134 Å². The van der Waals surface area contributed by atoms with Crippen molar-refractivity contribution in [1.82, 2.24) is 10.3 Å². The number of oxazole rings is 1. The molecule has 22 heavy (non-hydrogen) atoms. The van der Waals surface area contributed by atoms with Crippen LogP contribution in [0.15, 0.2) is 22.6 Å². The number of rotatable bonds is 4. The molecule has 1 aliphatic rings. The van der Waals surface area contributed by atoms with E-state index >= 15 is 0 Å². The molecule has 1 aromatic carbocycles. The zero-order valence-corrected chi connectivity index (χ0v) is 13.4. The maximum Gasteiger partial charge on any atom is 0.298 e. The number of aromatic nitrogens is 1. The third kappa shape index (κ3) is 3.35. The molecule has 0 aliphatic carbocycles. The van der Waals surface area contributed by atoms with Gasteiger partial charge in [0.05, 0.1) is 0 Å². The van der Waals surface area contributed by atoms with Gasteiger partial charge in [-0.3, -0.25) is 4.79 Å². The van der Waals surface area contributed by atoms with Crippen LogP contribution in [0.3, 0.4) is 0 Å². The van der Waals surface area contributed by atoms with Crippen LogP contribution in [-0.2, 0) is 4.79 Å². The first-order valence-electron chi connectivity index (χ1n) is 7.73. The number of carbonyl (C=O) groups excluding carboxylic acids is 1. The van der Waals surface area contributed by atoms with Crippen LogP contribution in [0.1, 0.15) is 26.2 Å². The Morgan fingerprint density at radius 2 is 2.41 bits per heavy atom. The van der Waals surface area contributed by atoms with Gasteiger partial charge in [0, 0.05) is 37.1 Å². The van der Waals surface area contributed by atoms with Crippen molar-refractivity contribution in [3.05, 3.63) is 23.2 Å². The maximum atomic E-state index is 11.7. The van der Waals surface area contributed by atoms with Crippen molar-refractivity contribution in [3.8, 4) is 0 Å². The number of halogens is 1. The molecule has 1 N–H and O–H groups in total. The van der Waals surface area contributed by atoms with Gasteiger partial charge in [0.1, 0.15) is 5.52 Å². The van der Waals surface area contributed by atoms with Gasteiger partial charge < -0.3 is 14.6 Å². The summed E-state index contributed by atoms with van der Waals surface area (Å²) in [6.45, 7) is 4.33. The Kier molecular flexibility index (Phi) is 4.52. The minimum absolute atomic E-state index is 0.124. The van der Waals surface area contributed by atoms with Crippen LogP contribution in [0.5, 0.6) is 0 Å². The Hall–Kier alpha value is -1.75. The van der Waals surface area contributed by atoms with Crippen molar-refractivity contribution in [2.45, 2.75) is 26.2 Å². The number of benzene rings is 1. The predicted octanol–water partition coefficient (Wildman–Crippen LogP) is 3.22. The molecule has 3 rings (SSSR count). The highest BCUT2D eigenvalue weighted by molar-refractivity contribution is 6.31. The number of carbonyl (C=O) groups is 1. The van der Waals surface area contributed by atoms with Crippen LogP contribution in [-0.4, -0.2) is 30.5 Å². The molecule has 0 spiro atoms. The van der Waals surface area contributed by atoms with Gasteiger partial charge in [0.25, 0.3) is 6.01 Å². The van der Waals surface area contributed by atoms with E-state index in [1.807, 2.05) is 19.1 Å². The van der Waals surface area contributed by atoms with Crippen molar-refractivity contribution in [2.24, 2.45) is 5.92 Å². The highest BCUT2D eigenvalue weighted by Gasteiger charge is 2.25. The minimum atomic E-state index is 0.124. The van der Waals surface area contributed by atoms with Crippen molar-refractivity contribution in [1.29, 1.82) is 0 Å². The zero-order chi connectivity index (χ0) is 15.5. The molecule has 1 amide bonds. The lowest BCUT2D eigenvalue weighted by molar-refractivity contribution is -0.121. The molecule has 2 aromatic rings. The second-order valence-electron chi connectivity index (χ2n) is 5.72. The molecule has 0 radical (unpaired) electrons. The molecule has 6 heteroatoms. The number of hydrogen-bond donors (Lipinski definition) is 1. The van der Waals surface area contributed by atoms with Gasteiger partial charge in [-0.15, -0.1) is 0 Å². The van der Waals surface area contributed by atoms with Gasteiger partial charge in [-0.2, -0.15) is 4.98 Å². The molecule has 0 bridgehead atoms. The molecule has 118 valence electrons. The number of hydrogen-bond acceptors (Lipinski definition) is 4. The summed E-state index contributed by atoms with van der Waals surface area (Å²) in [6.07, 6.45) is 2.68. The Bertz CT molecular complexity index is 670. The van der Waals surface area contributed by atoms with E-state index in [-0.39, 0.29) is 5.91 Å². The van der Waals surface area contributed by atoms with Gasteiger partial charge in [0.2, 0.25) is 5.91 Å². The Morgan fingerprint density at radius 3 is 3.23 bits per heavy atom. The van der Waals surface area contributed by atoms with E-state index in [9.17, 15) is 4.79 Å². The normalized spacial score (nSPS) is 18.6. The third-order valence-electron chi connectivity index (χ3n) is 3.98. The fourth-order valence-electron chi connectivity index (χ4n) is 2.96. The van der Waals surface area contributed by atoms with Crippen LogP contribution >= 0.6 is 11.6 Å². The lowest BCUT2D eigenvalue weighted by Crippen LogP contribution is -2.38. The van der Waals surface area contributed by atoms with Crippen LogP contribution in [0.2, 0.25) is 5.02 Å². The summed E-state index contributed by atoms with van der Waals surface area (Å²) in [5, 5.41) is 3.51. The quantitative estimate of drug-likeness (QED) is 0.939. The van der Waals surface area contributed by atoms with E-state index in [4.69, 9.17) is 16.0 Å². The highest BCUT2D eigenvalue weighted by atomic mass is 35.5. The molecular weight excluding hydrogens is 302 g/mol. The SMILES string of the molecule is CCNC(=O)CC1CCCN(c2nc3ccc(Cl)cc3o2)C1. The molecule has 0 saturated carbocycles. The number of nitrogens with one attached hydrogen (secondary N) is 1. The number of anilines is 1. The van der Waals surface area contributed by atoms with Crippen molar-refractivity contribution >= 4 is 34.6 Å². The van der Waals surface area contributed by atoms with Gasteiger partial charge in [-0.05, 0) is 37.8 Å². The van der Waals surface area contributed by atoms with E-state index in [1.54, 1.807) is 6.07 Å². The first-order valence-corrected chi connectivity index (χ1v) is 8.11. The zero-order valence-electron chi connectivity index (χ0n) is 12.6. The molecule has 1 unspecified atom stereocenters. The van der Waals surface area contributed by atoms with Crippen molar-refractivity contribution in [2.75, 3.05) is 24.5 Å². The number of piperidine rings is 1. The summed E-state index contributed by atoms with van der Waals surface area (Å²) < 4.78 is 5.82. The van der Waals surface area contributed by atoms with Crippen LogP contribution < -0.4 is 10.2 Å². The summed E-state index contributed by atoms with van der Waals surface area (Å²) in [5.74, 6) is 0.470. The van der Waals surface area contributed by atoms with E-state index in [0.717, 1.165) is 31.4 Å². The van der Waals surface area contributed by atoms with Crippen molar-refractivity contribution in [3.63, 3.8) is 0 Å². The highest BCUT2D eigenvalue weighted by Crippen LogP contribution is 2.28. The molecule has 1 aliphatic heterocycles. The van der Waals surface area contributed by atoms with E-state index < -0.39 is 0 Å². The molecular formula is C16H20ClN3O2. The smallest absolute Gasteiger partial charge is 0.298 e. The van der Waals surface area contributed by atoms with E-state index in [2.05, 4.69) is 15.2 Å². The molecule has 1 fully saturated rings. The standard InChI is InChI=1S/C16H20ClN3O2/c1-2-18-15(21)8-11-4-3-7-20(10-11)16-19-13-6-5-12(17)9-14(13)22-16/h5-6,9,11H,2-4,7-8,10H2,1H3,(H,18,21). The number of fused-ring (bicyclic) bond motifs is 1. The van der Waals surface area contributed by atoms with E-state index in [0.29, 0.717) is 35.5 Å². The molecule has 1 saturated heterocycles. The molecule has 1 atom stereocenters. The summed E-state index contributed by atoms with van der Waals surface area (Å²) >= 11 is 5.98. The lowest BCUT2D eigenvalue weighted by atomic mass is 9.95. The average Bonchev–Trinajstić information content (AvgIpc) is 2.90. The summed E-state index contributed by atoms with van der Waals surface area (Å²) in [5.41, 5.74) is 1.51. The summed E-state index contributed by atoms with van der Waals surface area (Å²) in [7, 11) is 0. The second-order valence-corrected chi connectivity index (χ2v) is 6.16. The fourth-order valence-corrected chi connectivity index (χ4v) is 3.12. The largest absolute Gasteiger partial charge is 0.423 e. The lowest BCUT2D eigenvalue weighted by Gasteiger charge is -2.31. The molecule has 1 aromatic heterocycles. The van der Waals surface area contributed by atoms with Gasteiger partial charge in [-0.1, -0.05) is 11.6 Å². The van der Waals surface area contributed by atoms with Crippen molar-refractivity contribution < 1.29 is 9.21 Å². The van der Waals surface area contributed by atoms with Crippen LogP contribution in [0.25, 0.3) is 11.1 Å². The maximum absolute atomic E-state index is 11.7. The topological polar surface area (TPSA) is 58.4 Å².